The van der Waals surface area contributed by atoms with Crippen LogP contribution in [-0.2, 0) is 11.3 Å². The minimum absolute atomic E-state index is 0.335. The van der Waals surface area contributed by atoms with E-state index in [-0.39, 0.29) is 6.09 Å². The van der Waals surface area contributed by atoms with Gasteiger partial charge in [0.1, 0.15) is 11.4 Å². The Morgan fingerprint density at radius 3 is 2.70 bits per heavy atom. The van der Waals surface area contributed by atoms with Crippen molar-refractivity contribution < 1.29 is 9.53 Å². The van der Waals surface area contributed by atoms with Crippen LogP contribution in [-0.4, -0.2) is 38.2 Å². The second-order valence-corrected chi connectivity index (χ2v) is 5.85. The van der Waals surface area contributed by atoms with Crippen LogP contribution in [0.15, 0.2) is 18.3 Å². The molecule has 0 bridgehead atoms. The van der Waals surface area contributed by atoms with Gasteiger partial charge >= 0.3 is 6.09 Å². The summed E-state index contributed by atoms with van der Waals surface area (Å²) in [6.45, 7) is 7.92. The van der Waals surface area contributed by atoms with Gasteiger partial charge in [-0.1, -0.05) is 6.07 Å². The molecule has 0 aliphatic rings. The molecule has 2 rings (SSSR count). The Morgan fingerprint density at radius 1 is 1.35 bits per heavy atom. The first-order valence-corrected chi connectivity index (χ1v) is 6.50. The quantitative estimate of drug-likeness (QED) is 0.845. The molecule has 0 aliphatic carbocycles. The van der Waals surface area contributed by atoms with Gasteiger partial charge in [-0.15, -0.1) is 10.2 Å². The number of amides is 1. The number of aromatic nitrogens is 3. The molecule has 0 radical (unpaired) electrons. The number of rotatable bonds is 2. The average molecular weight is 276 g/mol. The lowest BCUT2D eigenvalue weighted by molar-refractivity contribution is 0.0285. The highest BCUT2D eigenvalue weighted by Gasteiger charge is 2.19. The van der Waals surface area contributed by atoms with E-state index in [2.05, 4.69) is 10.2 Å². The summed E-state index contributed by atoms with van der Waals surface area (Å²) >= 11 is 0. The molecule has 0 saturated carbocycles. The molecule has 1 amide bonds. The van der Waals surface area contributed by atoms with E-state index >= 15 is 0 Å². The van der Waals surface area contributed by atoms with Crippen LogP contribution in [0, 0.1) is 6.92 Å². The van der Waals surface area contributed by atoms with E-state index in [9.17, 15) is 4.79 Å². The van der Waals surface area contributed by atoms with Crippen molar-refractivity contribution in [1.82, 2.24) is 19.5 Å². The van der Waals surface area contributed by atoms with Crippen molar-refractivity contribution in [2.24, 2.45) is 0 Å². The lowest BCUT2D eigenvalue weighted by Crippen LogP contribution is -2.33. The molecule has 0 aromatic carbocycles. The molecule has 0 fully saturated rings. The van der Waals surface area contributed by atoms with Crippen molar-refractivity contribution in [3.63, 3.8) is 0 Å². The maximum Gasteiger partial charge on any atom is 0.410 e. The first kappa shape index (κ1) is 14.3. The molecule has 0 spiro atoms. The lowest BCUT2D eigenvalue weighted by Gasteiger charge is -2.24. The topological polar surface area (TPSA) is 59.7 Å². The first-order chi connectivity index (χ1) is 9.26. The van der Waals surface area contributed by atoms with Crippen LogP contribution in [0.25, 0.3) is 5.65 Å². The van der Waals surface area contributed by atoms with Crippen LogP contribution in [0.4, 0.5) is 4.79 Å². The number of aryl methyl sites for hydroxylation is 1. The molecule has 20 heavy (non-hydrogen) atoms. The maximum absolute atomic E-state index is 11.9. The number of ether oxygens (including phenoxy) is 1. The SMILES string of the molecule is Cc1nnc2ccc(CN(C)C(=O)OC(C)(C)C)cn12. The third kappa shape index (κ3) is 3.26. The van der Waals surface area contributed by atoms with E-state index in [1.165, 1.54) is 0 Å². The third-order valence-corrected chi connectivity index (χ3v) is 2.76. The standard InChI is InChI=1S/C14H20N4O2/c1-10-15-16-12-7-6-11(9-18(10)12)8-17(5)13(19)20-14(2,3)4/h6-7,9H,8H2,1-5H3. The highest BCUT2D eigenvalue weighted by molar-refractivity contribution is 5.67. The zero-order valence-electron chi connectivity index (χ0n) is 12.5. The molecule has 0 aliphatic heterocycles. The van der Waals surface area contributed by atoms with Crippen LogP contribution in [0.5, 0.6) is 0 Å². The number of hydrogen-bond donors (Lipinski definition) is 0. The van der Waals surface area contributed by atoms with Gasteiger partial charge in [-0.25, -0.2) is 4.79 Å². The van der Waals surface area contributed by atoms with Crippen LogP contribution < -0.4 is 0 Å². The molecule has 0 N–H and O–H groups in total. The summed E-state index contributed by atoms with van der Waals surface area (Å²) < 4.78 is 7.22. The van der Waals surface area contributed by atoms with Gasteiger partial charge in [0, 0.05) is 13.2 Å². The van der Waals surface area contributed by atoms with Crippen LogP contribution in [0.3, 0.4) is 0 Å². The monoisotopic (exact) mass is 276 g/mol. The van der Waals surface area contributed by atoms with Gasteiger partial charge in [-0.2, -0.15) is 0 Å². The number of hydrogen-bond acceptors (Lipinski definition) is 4. The van der Waals surface area contributed by atoms with Crippen LogP contribution in [0.2, 0.25) is 0 Å². The smallest absolute Gasteiger partial charge is 0.410 e. The van der Waals surface area contributed by atoms with Gasteiger partial charge in [0.25, 0.3) is 0 Å². The highest BCUT2D eigenvalue weighted by atomic mass is 16.6. The summed E-state index contributed by atoms with van der Waals surface area (Å²) in [4.78, 5) is 13.5. The molecule has 2 aromatic rings. The summed E-state index contributed by atoms with van der Waals surface area (Å²) in [5.74, 6) is 0.821. The predicted octanol–water partition coefficient (Wildman–Crippen LogP) is 2.40. The van der Waals surface area contributed by atoms with Gasteiger partial charge in [0.15, 0.2) is 5.65 Å². The average Bonchev–Trinajstić information content (AvgIpc) is 2.69. The first-order valence-electron chi connectivity index (χ1n) is 6.50. The van der Waals surface area contributed by atoms with Crippen molar-refractivity contribution in [2.75, 3.05) is 7.05 Å². The van der Waals surface area contributed by atoms with Crippen LogP contribution >= 0.6 is 0 Å². The third-order valence-electron chi connectivity index (χ3n) is 2.76. The zero-order chi connectivity index (χ0) is 14.9. The zero-order valence-corrected chi connectivity index (χ0v) is 12.5. The number of pyridine rings is 1. The Kier molecular flexibility index (Phi) is 3.65. The Morgan fingerprint density at radius 2 is 2.05 bits per heavy atom. The molecule has 0 atom stereocenters. The number of carbonyl (C=O) groups excluding carboxylic acids is 1. The molecule has 6 nitrogen and oxygen atoms in total. The normalized spacial score (nSPS) is 11.7. The molecule has 108 valence electrons. The molecule has 0 saturated heterocycles. The fourth-order valence-electron chi connectivity index (χ4n) is 1.82. The van der Waals surface area contributed by atoms with Gasteiger partial charge in [0.05, 0.1) is 6.54 Å². The predicted molar refractivity (Wildman–Crippen MR) is 75.4 cm³/mol. The summed E-state index contributed by atoms with van der Waals surface area (Å²) in [6, 6.07) is 3.82. The Balaban J connectivity index is 2.11. The second-order valence-electron chi connectivity index (χ2n) is 5.85. The fourth-order valence-corrected chi connectivity index (χ4v) is 1.82. The lowest BCUT2D eigenvalue weighted by atomic mass is 10.2. The molecule has 2 aromatic heterocycles. The number of carbonyl (C=O) groups is 1. The molecular formula is C14H20N4O2. The number of nitrogens with zero attached hydrogens (tertiary/aromatic N) is 4. The summed E-state index contributed by atoms with van der Waals surface area (Å²) in [5.41, 5.74) is 1.31. The Labute approximate surface area is 118 Å². The Bertz CT molecular complexity index is 628. The van der Waals surface area contributed by atoms with Crippen molar-refractivity contribution in [3.05, 3.63) is 29.7 Å². The second kappa shape index (κ2) is 5.11. The summed E-state index contributed by atoms with van der Waals surface area (Å²) in [6.07, 6.45) is 1.60. The van der Waals surface area contributed by atoms with Crippen molar-refractivity contribution >= 4 is 11.7 Å². The molecule has 6 heteroatoms. The molecule has 0 unspecified atom stereocenters. The van der Waals surface area contributed by atoms with Crippen molar-refractivity contribution in [1.29, 1.82) is 0 Å². The van der Waals surface area contributed by atoms with E-state index in [1.807, 2.05) is 50.4 Å². The van der Waals surface area contributed by atoms with Gasteiger partial charge in [0.2, 0.25) is 0 Å². The van der Waals surface area contributed by atoms with Crippen LogP contribution in [0.1, 0.15) is 32.2 Å². The summed E-state index contributed by atoms with van der Waals surface area (Å²) in [7, 11) is 1.72. The Hall–Kier alpha value is -2.11. The van der Waals surface area contributed by atoms with Gasteiger partial charge < -0.3 is 9.64 Å². The highest BCUT2D eigenvalue weighted by Crippen LogP contribution is 2.12. The van der Waals surface area contributed by atoms with Gasteiger partial charge in [-0.05, 0) is 39.3 Å². The van der Waals surface area contributed by atoms with E-state index in [0.29, 0.717) is 6.54 Å². The van der Waals surface area contributed by atoms with Gasteiger partial charge in [-0.3, -0.25) is 4.40 Å². The minimum atomic E-state index is -0.486. The largest absolute Gasteiger partial charge is 0.444 e. The van der Waals surface area contributed by atoms with E-state index in [4.69, 9.17) is 4.74 Å². The number of fused-ring (bicyclic) bond motifs is 1. The van der Waals surface area contributed by atoms with Crippen molar-refractivity contribution in [3.8, 4) is 0 Å². The van der Waals surface area contributed by atoms with E-state index in [1.54, 1.807) is 11.9 Å². The molecular weight excluding hydrogens is 256 g/mol. The maximum atomic E-state index is 11.9. The van der Waals surface area contributed by atoms with Crippen molar-refractivity contribution in [2.45, 2.75) is 39.8 Å². The van der Waals surface area contributed by atoms with E-state index in [0.717, 1.165) is 17.0 Å². The minimum Gasteiger partial charge on any atom is -0.444 e. The van der Waals surface area contributed by atoms with E-state index < -0.39 is 5.60 Å². The summed E-state index contributed by atoms with van der Waals surface area (Å²) in [5, 5.41) is 8.04. The fraction of sp³-hybridized carbons (Fsp3) is 0.500. The molecule has 2 heterocycles.